The number of carbonyl (C=O) groups is 1. The van der Waals surface area contributed by atoms with Gasteiger partial charge < -0.3 is 10.2 Å². The van der Waals surface area contributed by atoms with Crippen LogP contribution in [0, 0.1) is 5.92 Å². The molecule has 7 nitrogen and oxygen atoms in total. The standard InChI is InChI=1S/C25H25N5O2S/c1-17(19-6-5-12-26-16-19)27-23(31)18-9-13-29(14-10-18)25-28-21-11-15-33-22(21)24(32)30(25)20-7-3-2-4-8-20/h2-8,11-12,15-18H,9-10,13-14H2,1H3,(H,27,31)/t17-/m1/s1. The van der Waals surface area contributed by atoms with Crippen molar-refractivity contribution in [2.24, 2.45) is 5.92 Å². The molecule has 1 amide bonds. The van der Waals surface area contributed by atoms with Gasteiger partial charge in [0.2, 0.25) is 11.9 Å². The number of pyridine rings is 1. The molecule has 8 heteroatoms. The summed E-state index contributed by atoms with van der Waals surface area (Å²) in [7, 11) is 0. The fourth-order valence-electron chi connectivity index (χ4n) is 4.31. The van der Waals surface area contributed by atoms with E-state index in [1.165, 1.54) is 11.3 Å². The number of thiophene rings is 1. The minimum atomic E-state index is -0.0878. The lowest BCUT2D eigenvalue weighted by atomic mass is 9.95. The maximum Gasteiger partial charge on any atom is 0.277 e. The van der Waals surface area contributed by atoms with Crippen LogP contribution < -0.4 is 15.8 Å². The average molecular weight is 460 g/mol. The first kappa shape index (κ1) is 21.3. The number of rotatable bonds is 5. The summed E-state index contributed by atoms with van der Waals surface area (Å²) in [4.78, 5) is 37.3. The topological polar surface area (TPSA) is 80.1 Å². The van der Waals surface area contributed by atoms with Gasteiger partial charge in [0.1, 0.15) is 4.70 Å². The van der Waals surface area contributed by atoms with Gasteiger partial charge in [-0.1, -0.05) is 24.3 Å². The molecule has 0 aliphatic carbocycles. The van der Waals surface area contributed by atoms with Crippen molar-refractivity contribution in [1.29, 1.82) is 0 Å². The Hall–Kier alpha value is -3.52. The molecule has 1 aliphatic heterocycles. The molecule has 33 heavy (non-hydrogen) atoms. The molecule has 1 aliphatic rings. The van der Waals surface area contributed by atoms with Crippen molar-refractivity contribution in [2.45, 2.75) is 25.8 Å². The van der Waals surface area contributed by atoms with Crippen LogP contribution in [0.4, 0.5) is 5.95 Å². The Morgan fingerprint density at radius 1 is 1.12 bits per heavy atom. The number of anilines is 1. The van der Waals surface area contributed by atoms with E-state index in [-0.39, 0.29) is 23.4 Å². The molecular weight excluding hydrogens is 434 g/mol. The van der Waals surface area contributed by atoms with E-state index in [0.29, 0.717) is 36.6 Å². The molecular formula is C25H25N5O2S. The fraction of sp³-hybridized carbons (Fsp3) is 0.280. The number of hydrogen-bond acceptors (Lipinski definition) is 6. The monoisotopic (exact) mass is 459 g/mol. The second-order valence-corrected chi connectivity index (χ2v) is 9.22. The van der Waals surface area contributed by atoms with E-state index in [9.17, 15) is 9.59 Å². The van der Waals surface area contributed by atoms with Gasteiger partial charge in [0.15, 0.2) is 0 Å². The molecule has 0 bridgehead atoms. The minimum absolute atomic E-state index is 0.0543. The number of amides is 1. The van der Waals surface area contributed by atoms with Gasteiger partial charge in [-0.25, -0.2) is 9.55 Å². The maximum absolute atomic E-state index is 13.3. The van der Waals surface area contributed by atoms with Gasteiger partial charge in [-0.15, -0.1) is 11.3 Å². The molecule has 0 unspecified atom stereocenters. The van der Waals surface area contributed by atoms with E-state index >= 15 is 0 Å². The van der Waals surface area contributed by atoms with E-state index in [0.717, 1.165) is 16.8 Å². The summed E-state index contributed by atoms with van der Waals surface area (Å²) < 4.78 is 2.35. The molecule has 1 saturated heterocycles. The van der Waals surface area contributed by atoms with Gasteiger partial charge in [0, 0.05) is 31.4 Å². The summed E-state index contributed by atoms with van der Waals surface area (Å²) in [6.07, 6.45) is 4.92. The highest BCUT2D eigenvalue weighted by molar-refractivity contribution is 7.17. The Balaban J connectivity index is 1.35. The number of carbonyl (C=O) groups excluding carboxylic acids is 1. The molecule has 1 fully saturated rings. The van der Waals surface area contributed by atoms with Gasteiger partial charge in [-0.3, -0.25) is 14.6 Å². The Morgan fingerprint density at radius 3 is 2.64 bits per heavy atom. The van der Waals surface area contributed by atoms with Crippen LogP contribution in [0.2, 0.25) is 0 Å². The first-order chi connectivity index (χ1) is 16.1. The predicted molar refractivity (Wildman–Crippen MR) is 131 cm³/mol. The third-order valence-corrected chi connectivity index (χ3v) is 7.06. The lowest BCUT2D eigenvalue weighted by molar-refractivity contribution is -0.126. The summed E-state index contributed by atoms with van der Waals surface area (Å²) in [6, 6.07) is 15.3. The second kappa shape index (κ2) is 9.15. The number of nitrogens with zero attached hydrogens (tertiary/aromatic N) is 4. The molecule has 3 aromatic heterocycles. The lowest BCUT2D eigenvalue weighted by Crippen LogP contribution is -2.43. The number of aromatic nitrogens is 3. The summed E-state index contributed by atoms with van der Waals surface area (Å²) in [5, 5.41) is 5.02. The van der Waals surface area contributed by atoms with Gasteiger partial charge >= 0.3 is 0 Å². The molecule has 1 atom stereocenters. The summed E-state index contributed by atoms with van der Waals surface area (Å²) >= 11 is 1.41. The van der Waals surface area contributed by atoms with Gasteiger partial charge in [-0.05, 0) is 55.0 Å². The number of fused-ring (bicyclic) bond motifs is 1. The molecule has 0 spiro atoms. The van der Waals surface area contributed by atoms with Gasteiger partial charge in [0.05, 0.1) is 17.2 Å². The first-order valence-corrected chi connectivity index (χ1v) is 12.0. The van der Waals surface area contributed by atoms with Crippen molar-refractivity contribution in [3.05, 3.63) is 82.2 Å². The smallest absolute Gasteiger partial charge is 0.277 e. The van der Waals surface area contributed by atoms with Crippen LogP contribution in [0.25, 0.3) is 15.9 Å². The normalized spacial score (nSPS) is 15.5. The van der Waals surface area contributed by atoms with Crippen LogP contribution in [-0.2, 0) is 4.79 Å². The number of piperidine rings is 1. The Morgan fingerprint density at radius 2 is 1.91 bits per heavy atom. The van der Waals surface area contributed by atoms with Crippen LogP contribution in [0.3, 0.4) is 0 Å². The number of benzene rings is 1. The van der Waals surface area contributed by atoms with Crippen molar-refractivity contribution < 1.29 is 4.79 Å². The lowest BCUT2D eigenvalue weighted by Gasteiger charge is -2.33. The average Bonchev–Trinajstić information content (AvgIpc) is 3.34. The largest absolute Gasteiger partial charge is 0.349 e. The molecule has 4 heterocycles. The number of para-hydroxylation sites is 1. The van der Waals surface area contributed by atoms with Crippen molar-refractivity contribution in [2.75, 3.05) is 18.0 Å². The molecule has 1 aromatic carbocycles. The van der Waals surface area contributed by atoms with Crippen LogP contribution >= 0.6 is 11.3 Å². The Kier molecular flexibility index (Phi) is 5.92. The molecule has 4 aromatic rings. The molecule has 0 saturated carbocycles. The SMILES string of the molecule is C[C@@H](NC(=O)C1CCN(c2nc3ccsc3c(=O)n2-c2ccccc2)CC1)c1cccnc1. The minimum Gasteiger partial charge on any atom is -0.349 e. The zero-order valence-corrected chi connectivity index (χ0v) is 19.2. The summed E-state index contributed by atoms with van der Waals surface area (Å²) in [6.45, 7) is 3.30. The van der Waals surface area contributed by atoms with Gasteiger partial charge in [0.25, 0.3) is 5.56 Å². The van der Waals surface area contributed by atoms with Crippen molar-refractivity contribution in [3.8, 4) is 5.69 Å². The van der Waals surface area contributed by atoms with Crippen LogP contribution in [0.5, 0.6) is 0 Å². The summed E-state index contributed by atoms with van der Waals surface area (Å²) in [5.41, 5.74) is 2.45. The van der Waals surface area contributed by atoms with Crippen molar-refractivity contribution in [1.82, 2.24) is 19.9 Å². The third kappa shape index (κ3) is 4.26. The second-order valence-electron chi connectivity index (χ2n) is 8.30. The number of hydrogen-bond donors (Lipinski definition) is 1. The third-order valence-electron chi connectivity index (χ3n) is 6.17. The van der Waals surface area contributed by atoms with E-state index in [1.807, 2.05) is 60.8 Å². The van der Waals surface area contributed by atoms with Crippen LogP contribution in [0.15, 0.2) is 71.1 Å². The highest BCUT2D eigenvalue weighted by atomic mass is 32.1. The zero-order chi connectivity index (χ0) is 22.8. The Labute approximate surface area is 195 Å². The number of nitrogens with one attached hydrogen (secondary N) is 1. The van der Waals surface area contributed by atoms with Crippen LogP contribution in [-0.4, -0.2) is 33.5 Å². The van der Waals surface area contributed by atoms with Crippen LogP contribution in [0.1, 0.15) is 31.4 Å². The van der Waals surface area contributed by atoms with E-state index in [1.54, 1.807) is 17.0 Å². The molecule has 1 N–H and O–H groups in total. The summed E-state index contributed by atoms with van der Waals surface area (Å²) in [5.74, 6) is 0.634. The van der Waals surface area contributed by atoms with Gasteiger partial charge in [-0.2, -0.15) is 0 Å². The van der Waals surface area contributed by atoms with Crippen molar-refractivity contribution >= 4 is 33.4 Å². The molecule has 5 rings (SSSR count). The first-order valence-electron chi connectivity index (χ1n) is 11.1. The Bertz CT molecular complexity index is 1310. The predicted octanol–water partition coefficient (Wildman–Crippen LogP) is 3.94. The quantitative estimate of drug-likeness (QED) is 0.489. The zero-order valence-electron chi connectivity index (χ0n) is 18.3. The van der Waals surface area contributed by atoms with E-state index in [2.05, 4.69) is 15.2 Å². The van der Waals surface area contributed by atoms with Crippen molar-refractivity contribution in [3.63, 3.8) is 0 Å². The van der Waals surface area contributed by atoms with E-state index in [4.69, 9.17) is 4.98 Å². The molecule has 0 radical (unpaired) electrons. The maximum atomic E-state index is 13.3. The van der Waals surface area contributed by atoms with E-state index < -0.39 is 0 Å². The highest BCUT2D eigenvalue weighted by Gasteiger charge is 2.29. The molecule has 168 valence electrons. The highest BCUT2D eigenvalue weighted by Crippen LogP contribution is 2.27. The fourth-order valence-corrected chi connectivity index (χ4v) is 5.07.